The molecule has 1 heterocycles. The van der Waals surface area contributed by atoms with Crippen molar-refractivity contribution in [3.8, 4) is 28.9 Å². The quantitative estimate of drug-likeness (QED) is 0.444. The fourth-order valence-corrected chi connectivity index (χ4v) is 3.17. The third-order valence-corrected chi connectivity index (χ3v) is 4.71. The van der Waals surface area contributed by atoms with Crippen molar-refractivity contribution in [2.45, 2.75) is 13.1 Å². The summed E-state index contributed by atoms with van der Waals surface area (Å²) in [6.45, 7) is 1.35. The van der Waals surface area contributed by atoms with Crippen LogP contribution in [0.5, 0.6) is 23.3 Å². The standard InChI is InChI=1S/C23H23N5O3/c1-29-20-11-7-6-8-18(20)16-24-15-17-12-13-21(22(14-17)30-2)31-23-25-26-27-28(23)19-9-4-3-5-10-19/h3-14,24H,15-16H2,1-2H3. The molecule has 0 saturated carbocycles. The Bertz CT molecular complexity index is 1130. The van der Waals surface area contributed by atoms with Crippen molar-refractivity contribution in [1.29, 1.82) is 0 Å². The second-order valence-corrected chi connectivity index (χ2v) is 6.71. The molecule has 0 atom stereocenters. The van der Waals surface area contributed by atoms with Crippen LogP contribution in [0.15, 0.2) is 72.8 Å². The first-order valence-corrected chi connectivity index (χ1v) is 9.79. The van der Waals surface area contributed by atoms with Gasteiger partial charge in [-0.25, -0.2) is 0 Å². The molecule has 0 fully saturated rings. The molecular formula is C23H23N5O3. The molecule has 0 aliphatic rings. The van der Waals surface area contributed by atoms with Crippen LogP contribution in [-0.4, -0.2) is 34.4 Å². The topological polar surface area (TPSA) is 83.3 Å². The van der Waals surface area contributed by atoms with E-state index in [-0.39, 0.29) is 6.01 Å². The number of nitrogens with zero attached hydrogens (tertiary/aromatic N) is 4. The van der Waals surface area contributed by atoms with Crippen molar-refractivity contribution >= 4 is 0 Å². The molecule has 0 aliphatic heterocycles. The van der Waals surface area contributed by atoms with Crippen LogP contribution in [0.2, 0.25) is 0 Å². The lowest BCUT2D eigenvalue weighted by molar-refractivity contribution is 0.362. The first-order valence-electron chi connectivity index (χ1n) is 9.79. The highest BCUT2D eigenvalue weighted by molar-refractivity contribution is 5.45. The van der Waals surface area contributed by atoms with Gasteiger partial charge in [-0.15, -0.1) is 0 Å². The molecule has 0 radical (unpaired) electrons. The Morgan fingerprint density at radius 1 is 0.806 bits per heavy atom. The Kier molecular flexibility index (Phi) is 6.39. The maximum Gasteiger partial charge on any atom is 0.346 e. The zero-order chi connectivity index (χ0) is 21.5. The molecule has 0 aliphatic carbocycles. The first kappa shape index (κ1) is 20.4. The van der Waals surface area contributed by atoms with Gasteiger partial charge in [-0.1, -0.05) is 47.6 Å². The van der Waals surface area contributed by atoms with Gasteiger partial charge in [0, 0.05) is 18.7 Å². The Morgan fingerprint density at radius 2 is 1.58 bits per heavy atom. The molecule has 4 rings (SSSR count). The maximum atomic E-state index is 5.95. The Hall–Kier alpha value is -3.91. The number of hydrogen-bond acceptors (Lipinski definition) is 7. The van der Waals surface area contributed by atoms with Crippen LogP contribution in [0.4, 0.5) is 0 Å². The number of rotatable bonds is 9. The lowest BCUT2D eigenvalue weighted by Crippen LogP contribution is -2.13. The summed E-state index contributed by atoms with van der Waals surface area (Å²) in [5.74, 6) is 2.00. The Morgan fingerprint density at radius 3 is 2.39 bits per heavy atom. The third-order valence-electron chi connectivity index (χ3n) is 4.71. The predicted octanol–water partition coefficient (Wildman–Crippen LogP) is 3.76. The van der Waals surface area contributed by atoms with Gasteiger partial charge in [0.15, 0.2) is 11.5 Å². The first-order chi connectivity index (χ1) is 15.3. The van der Waals surface area contributed by atoms with Gasteiger partial charge >= 0.3 is 6.01 Å². The lowest BCUT2D eigenvalue weighted by Gasteiger charge is -2.13. The summed E-state index contributed by atoms with van der Waals surface area (Å²) in [5.41, 5.74) is 2.96. The number of ether oxygens (including phenoxy) is 3. The number of aromatic nitrogens is 4. The van der Waals surface area contributed by atoms with E-state index in [9.17, 15) is 0 Å². The van der Waals surface area contributed by atoms with Gasteiger partial charge in [0.2, 0.25) is 0 Å². The van der Waals surface area contributed by atoms with Crippen molar-refractivity contribution < 1.29 is 14.2 Å². The third kappa shape index (κ3) is 4.81. The molecule has 0 saturated heterocycles. The summed E-state index contributed by atoms with van der Waals surface area (Å²) in [7, 11) is 3.28. The summed E-state index contributed by atoms with van der Waals surface area (Å²) < 4.78 is 18.4. The molecule has 0 spiro atoms. The van der Waals surface area contributed by atoms with Gasteiger partial charge < -0.3 is 19.5 Å². The van der Waals surface area contributed by atoms with Crippen molar-refractivity contribution in [2.75, 3.05) is 14.2 Å². The largest absolute Gasteiger partial charge is 0.496 e. The number of benzene rings is 3. The van der Waals surface area contributed by atoms with Crippen molar-refractivity contribution in [3.05, 3.63) is 83.9 Å². The fourth-order valence-electron chi connectivity index (χ4n) is 3.17. The van der Waals surface area contributed by atoms with Crippen LogP contribution in [0.1, 0.15) is 11.1 Å². The molecule has 8 heteroatoms. The minimum atomic E-state index is 0.256. The van der Waals surface area contributed by atoms with E-state index in [1.807, 2.05) is 72.8 Å². The van der Waals surface area contributed by atoms with Crippen molar-refractivity contribution in [2.24, 2.45) is 0 Å². The summed E-state index contributed by atoms with van der Waals surface area (Å²) >= 11 is 0. The van der Waals surface area contributed by atoms with Crippen LogP contribution >= 0.6 is 0 Å². The summed E-state index contributed by atoms with van der Waals surface area (Å²) in [4.78, 5) is 0. The molecule has 0 unspecified atom stereocenters. The molecule has 158 valence electrons. The second kappa shape index (κ2) is 9.73. The zero-order valence-corrected chi connectivity index (χ0v) is 17.4. The minimum Gasteiger partial charge on any atom is -0.496 e. The van der Waals surface area contributed by atoms with E-state index in [0.717, 1.165) is 22.6 Å². The highest BCUT2D eigenvalue weighted by Crippen LogP contribution is 2.32. The number of nitrogens with one attached hydrogen (secondary N) is 1. The van der Waals surface area contributed by atoms with Crippen molar-refractivity contribution in [1.82, 2.24) is 25.5 Å². The molecule has 0 bridgehead atoms. The number of methoxy groups -OCH3 is 2. The van der Waals surface area contributed by atoms with Crippen LogP contribution < -0.4 is 19.5 Å². The maximum absolute atomic E-state index is 5.95. The van der Waals surface area contributed by atoms with Gasteiger partial charge in [-0.3, -0.25) is 0 Å². The molecule has 1 N–H and O–H groups in total. The van der Waals surface area contributed by atoms with Gasteiger partial charge in [-0.05, 0) is 46.3 Å². The van der Waals surface area contributed by atoms with Crippen molar-refractivity contribution in [3.63, 3.8) is 0 Å². The average molecular weight is 417 g/mol. The van der Waals surface area contributed by atoms with E-state index in [0.29, 0.717) is 24.6 Å². The number of tetrazole rings is 1. The molecule has 3 aromatic carbocycles. The molecule has 1 aromatic heterocycles. The van der Waals surface area contributed by atoms with E-state index < -0.39 is 0 Å². The van der Waals surface area contributed by atoms with Gasteiger partial charge in [0.1, 0.15) is 5.75 Å². The summed E-state index contributed by atoms with van der Waals surface area (Å²) in [6.07, 6.45) is 0. The van der Waals surface area contributed by atoms with Crippen LogP contribution in [0, 0.1) is 0 Å². The van der Waals surface area contributed by atoms with Gasteiger partial charge in [0.05, 0.1) is 19.9 Å². The average Bonchev–Trinajstić information content (AvgIpc) is 3.29. The van der Waals surface area contributed by atoms with Crippen LogP contribution in [0.25, 0.3) is 5.69 Å². The van der Waals surface area contributed by atoms with Crippen LogP contribution in [0.3, 0.4) is 0 Å². The Balaban J connectivity index is 1.45. The van der Waals surface area contributed by atoms with E-state index in [2.05, 4.69) is 20.8 Å². The highest BCUT2D eigenvalue weighted by atomic mass is 16.5. The zero-order valence-electron chi connectivity index (χ0n) is 17.4. The summed E-state index contributed by atoms with van der Waals surface area (Å²) in [6, 6.07) is 23.5. The number of para-hydroxylation sites is 2. The predicted molar refractivity (Wildman–Crippen MR) is 116 cm³/mol. The normalized spacial score (nSPS) is 10.6. The van der Waals surface area contributed by atoms with E-state index in [4.69, 9.17) is 14.2 Å². The van der Waals surface area contributed by atoms with E-state index in [1.54, 1.807) is 14.2 Å². The van der Waals surface area contributed by atoms with E-state index in [1.165, 1.54) is 4.68 Å². The SMILES string of the molecule is COc1ccccc1CNCc1ccc(Oc2nnnn2-c2ccccc2)c(OC)c1. The minimum absolute atomic E-state index is 0.256. The molecule has 31 heavy (non-hydrogen) atoms. The van der Waals surface area contributed by atoms with Gasteiger partial charge in [0.25, 0.3) is 0 Å². The number of hydrogen-bond donors (Lipinski definition) is 1. The lowest BCUT2D eigenvalue weighted by atomic mass is 10.1. The Labute approximate surface area is 180 Å². The molecular weight excluding hydrogens is 394 g/mol. The van der Waals surface area contributed by atoms with Crippen LogP contribution in [-0.2, 0) is 13.1 Å². The molecule has 0 amide bonds. The van der Waals surface area contributed by atoms with Gasteiger partial charge in [-0.2, -0.15) is 4.68 Å². The monoisotopic (exact) mass is 417 g/mol. The van der Waals surface area contributed by atoms with E-state index >= 15 is 0 Å². The fraction of sp³-hybridized carbons (Fsp3) is 0.174. The second-order valence-electron chi connectivity index (χ2n) is 6.71. The molecule has 8 nitrogen and oxygen atoms in total. The highest BCUT2D eigenvalue weighted by Gasteiger charge is 2.14. The molecule has 4 aromatic rings. The summed E-state index contributed by atoms with van der Waals surface area (Å²) in [5, 5.41) is 15.1. The smallest absolute Gasteiger partial charge is 0.346 e.